The molecule has 4 heteroatoms. The quantitative estimate of drug-likeness (QED) is 0.850. The maximum Gasteiger partial charge on any atom is 0.203 e. The van der Waals surface area contributed by atoms with E-state index >= 15 is 0 Å². The highest BCUT2D eigenvalue weighted by molar-refractivity contribution is 5.99. The molecule has 1 unspecified atom stereocenters. The number of ether oxygens (including phenoxy) is 2. The maximum atomic E-state index is 12.2. The summed E-state index contributed by atoms with van der Waals surface area (Å²) in [7, 11) is 1.55. The number of phenolic OH excluding ortho intramolecular Hbond substituents is 1. The second-order valence-corrected chi connectivity index (χ2v) is 4.32. The zero-order valence-corrected chi connectivity index (χ0v) is 11.4. The Kier molecular flexibility index (Phi) is 4.25. The SMILES string of the molecule is COc1ccccc1OC(C)C(=O)c1ccc(O)cc1. The third-order valence-electron chi connectivity index (χ3n) is 2.89. The first-order valence-electron chi connectivity index (χ1n) is 6.24. The van der Waals surface area contributed by atoms with Crippen LogP contribution in [-0.4, -0.2) is 24.1 Å². The Hall–Kier alpha value is -2.49. The third kappa shape index (κ3) is 3.09. The molecule has 1 N–H and O–H groups in total. The predicted molar refractivity (Wildman–Crippen MR) is 75.5 cm³/mol. The van der Waals surface area contributed by atoms with Crippen LogP contribution >= 0.6 is 0 Å². The molecule has 0 aliphatic carbocycles. The monoisotopic (exact) mass is 272 g/mol. The van der Waals surface area contributed by atoms with Crippen molar-refractivity contribution in [2.24, 2.45) is 0 Å². The fourth-order valence-corrected chi connectivity index (χ4v) is 1.82. The van der Waals surface area contributed by atoms with Gasteiger partial charge in [0.2, 0.25) is 5.78 Å². The molecule has 2 aromatic rings. The van der Waals surface area contributed by atoms with Crippen molar-refractivity contribution in [1.29, 1.82) is 0 Å². The van der Waals surface area contributed by atoms with Crippen LogP contribution in [0.2, 0.25) is 0 Å². The molecule has 0 heterocycles. The van der Waals surface area contributed by atoms with Gasteiger partial charge >= 0.3 is 0 Å². The molecule has 2 rings (SSSR count). The first kappa shape index (κ1) is 13.9. The number of carbonyl (C=O) groups excluding carboxylic acids is 1. The highest BCUT2D eigenvalue weighted by atomic mass is 16.5. The molecule has 0 aliphatic rings. The Balaban J connectivity index is 2.13. The number of hydrogen-bond acceptors (Lipinski definition) is 4. The van der Waals surface area contributed by atoms with E-state index in [2.05, 4.69) is 0 Å². The molecule has 0 fully saturated rings. The lowest BCUT2D eigenvalue weighted by atomic mass is 10.1. The van der Waals surface area contributed by atoms with Crippen LogP contribution in [0, 0.1) is 0 Å². The standard InChI is InChI=1S/C16H16O4/c1-11(16(18)12-7-9-13(17)10-8-12)20-15-6-4-3-5-14(15)19-2/h3-11,17H,1-2H3. The molecule has 0 aromatic heterocycles. The van der Waals surface area contributed by atoms with Crippen molar-refractivity contribution in [3.05, 3.63) is 54.1 Å². The minimum atomic E-state index is -0.643. The Bertz CT molecular complexity index is 590. The average Bonchev–Trinajstić information content (AvgIpc) is 2.48. The summed E-state index contributed by atoms with van der Waals surface area (Å²) in [5.74, 6) is 1.07. The lowest BCUT2D eigenvalue weighted by molar-refractivity contribution is 0.0814. The van der Waals surface area contributed by atoms with Crippen LogP contribution in [-0.2, 0) is 0 Å². The van der Waals surface area contributed by atoms with Crippen molar-refractivity contribution >= 4 is 5.78 Å². The number of rotatable bonds is 5. The summed E-state index contributed by atoms with van der Waals surface area (Å²) < 4.78 is 10.8. The molecule has 0 spiro atoms. The highest BCUT2D eigenvalue weighted by Crippen LogP contribution is 2.27. The Morgan fingerprint density at radius 1 is 1.05 bits per heavy atom. The summed E-state index contributed by atoms with van der Waals surface area (Å²) in [4.78, 5) is 12.2. The lowest BCUT2D eigenvalue weighted by Gasteiger charge is -2.16. The number of phenols is 1. The normalized spacial score (nSPS) is 11.7. The van der Waals surface area contributed by atoms with Gasteiger partial charge in [0.15, 0.2) is 17.6 Å². The smallest absolute Gasteiger partial charge is 0.203 e. The van der Waals surface area contributed by atoms with Crippen molar-refractivity contribution in [3.8, 4) is 17.2 Å². The minimum Gasteiger partial charge on any atom is -0.508 e. The highest BCUT2D eigenvalue weighted by Gasteiger charge is 2.18. The van der Waals surface area contributed by atoms with E-state index in [1.807, 2.05) is 12.1 Å². The number of Topliss-reactive ketones (excluding diaryl/α,β-unsaturated/α-hetero) is 1. The number of hydrogen-bond donors (Lipinski definition) is 1. The van der Waals surface area contributed by atoms with E-state index < -0.39 is 6.10 Å². The van der Waals surface area contributed by atoms with Crippen molar-refractivity contribution < 1.29 is 19.4 Å². The predicted octanol–water partition coefficient (Wildman–Crippen LogP) is 3.05. The van der Waals surface area contributed by atoms with Crippen molar-refractivity contribution in [1.82, 2.24) is 0 Å². The van der Waals surface area contributed by atoms with E-state index in [1.54, 1.807) is 38.3 Å². The zero-order chi connectivity index (χ0) is 14.5. The van der Waals surface area contributed by atoms with Gasteiger partial charge in [-0.15, -0.1) is 0 Å². The van der Waals surface area contributed by atoms with Crippen molar-refractivity contribution in [3.63, 3.8) is 0 Å². The molecular formula is C16H16O4. The molecule has 0 bridgehead atoms. The zero-order valence-electron chi connectivity index (χ0n) is 11.4. The topological polar surface area (TPSA) is 55.8 Å². The summed E-state index contributed by atoms with van der Waals surface area (Å²) >= 11 is 0. The molecular weight excluding hydrogens is 256 g/mol. The van der Waals surface area contributed by atoms with Gasteiger partial charge in [-0.1, -0.05) is 12.1 Å². The average molecular weight is 272 g/mol. The van der Waals surface area contributed by atoms with Gasteiger partial charge in [0.25, 0.3) is 0 Å². The molecule has 0 radical (unpaired) electrons. The number of methoxy groups -OCH3 is 1. The molecule has 0 saturated heterocycles. The Labute approximate surface area is 117 Å². The van der Waals surface area contributed by atoms with Gasteiger partial charge in [-0.3, -0.25) is 4.79 Å². The first-order valence-corrected chi connectivity index (χ1v) is 6.24. The van der Waals surface area contributed by atoms with Crippen molar-refractivity contribution in [2.75, 3.05) is 7.11 Å². The van der Waals surface area contributed by atoms with E-state index in [0.717, 1.165) is 0 Å². The summed E-state index contributed by atoms with van der Waals surface area (Å²) in [6.45, 7) is 1.68. The van der Waals surface area contributed by atoms with Gasteiger partial charge in [0.05, 0.1) is 7.11 Å². The van der Waals surface area contributed by atoms with Crippen LogP contribution in [0.25, 0.3) is 0 Å². The van der Waals surface area contributed by atoms with Crippen LogP contribution in [0.15, 0.2) is 48.5 Å². The van der Waals surface area contributed by atoms with Gasteiger partial charge in [-0.25, -0.2) is 0 Å². The van der Waals surface area contributed by atoms with Crippen LogP contribution < -0.4 is 9.47 Å². The lowest BCUT2D eigenvalue weighted by Crippen LogP contribution is -2.24. The van der Waals surface area contributed by atoms with Gasteiger partial charge in [0, 0.05) is 5.56 Å². The van der Waals surface area contributed by atoms with Crippen LogP contribution in [0.5, 0.6) is 17.2 Å². The second-order valence-electron chi connectivity index (χ2n) is 4.32. The largest absolute Gasteiger partial charge is 0.508 e. The number of ketones is 1. The number of aromatic hydroxyl groups is 1. The van der Waals surface area contributed by atoms with Gasteiger partial charge in [-0.05, 0) is 43.3 Å². The van der Waals surface area contributed by atoms with Crippen LogP contribution in [0.3, 0.4) is 0 Å². The summed E-state index contributed by atoms with van der Waals surface area (Å²) in [6, 6.07) is 13.3. The van der Waals surface area contributed by atoms with Crippen LogP contribution in [0.4, 0.5) is 0 Å². The third-order valence-corrected chi connectivity index (χ3v) is 2.89. The van der Waals surface area contributed by atoms with E-state index in [-0.39, 0.29) is 11.5 Å². The molecule has 0 aliphatic heterocycles. The number of para-hydroxylation sites is 2. The molecule has 1 atom stereocenters. The summed E-state index contributed by atoms with van der Waals surface area (Å²) in [6.07, 6.45) is -0.643. The molecule has 104 valence electrons. The molecule has 0 saturated carbocycles. The summed E-state index contributed by atoms with van der Waals surface area (Å²) in [5, 5.41) is 9.22. The molecule has 2 aromatic carbocycles. The molecule has 20 heavy (non-hydrogen) atoms. The van der Waals surface area contributed by atoms with Crippen molar-refractivity contribution in [2.45, 2.75) is 13.0 Å². The van der Waals surface area contributed by atoms with Gasteiger partial charge in [-0.2, -0.15) is 0 Å². The Morgan fingerprint density at radius 3 is 2.25 bits per heavy atom. The fraction of sp³-hybridized carbons (Fsp3) is 0.188. The van der Waals surface area contributed by atoms with Gasteiger partial charge in [0.1, 0.15) is 5.75 Å². The van der Waals surface area contributed by atoms with E-state index in [9.17, 15) is 9.90 Å². The van der Waals surface area contributed by atoms with E-state index in [0.29, 0.717) is 17.1 Å². The Morgan fingerprint density at radius 2 is 1.65 bits per heavy atom. The van der Waals surface area contributed by atoms with E-state index in [1.165, 1.54) is 12.1 Å². The van der Waals surface area contributed by atoms with E-state index in [4.69, 9.17) is 9.47 Å². The summed E-state index contributed by atoms with van der Waals surface area (Å²) in [5.41, 5.74) is 0.491. The minimum absolute atomic E-state index is 0.125. The first-order chi connectivity index (χ1) is 9.61. The second kappa shape index (κ2) is 6.10. The number of carbonyl (C=O) groups is 1. The number of benzene rings is 2. The maximum absolute atomic E-state index is 12.2. The molecule has 4 nitrogen and oxygen atoms in total. The van der Waals surface area contributed by atoms with Crippen LogP contribution in [0.1, 0.15) is 17.3 Å². The van der Waals surface area contributed by atoms with Gasteiger partial charge < -0.3 is 14.6 Å². The molecule has 0 amide bonds. The fourth-order valence-electron chi connectivity index (χ4n) is 1.82.